The van der Waals surface area contributed by atoms with Gasteiger partial charge in [0.15, 0.2) is 10.8 Å². The smallest absolute Gasteiger partial charge is 0.234 e. The number of carbonyl (C=O) groups excluding carboxylic acids is 1. The highest BCUT2D eigenvalue weighted by Gasteiger charge is 2.14. The maximum absolute atomic E-state index is 11.2. The molecule has 2 aromatic heterocycles. The monoisotopic (exact) mass is 370 g/mol. The first-order valence-electron chi connectivity index (χ1n) is 8.01. The molecule has 132 valence electrons. The van der Waals surface area contributed by atoms with Crippen LogP contribution in [0.1, 0.15) is 27.2 Å². The second-order valence-corrected chi connectivity index (χ2v) is 7.35. The minimum atomic E-state index is -0.191. The van der Waals surface area contributed by atoms with E-state index < -0.39 is 0 Å². The number of nitrogens with zero attached hydrogens (tertiary/aromatic N) is 4. The zero-order chi connectivity index (χ0) is 17.5. The van der Waals surface area contributed by atoms with Gasteiger partial charge in [-0.25, -0.2) is 14.6 Å². The molecule has 2 heterocycles. The van der Waals surface area contributed by atoms with Crippen LogP contribution < -0.4 is 10.6 Å². The lowest BCUT2D eigenvalue weighted by Gasteiger charge is -2.10. The molecule has 7 nitrogen and oxygen atoms in total. The molecule has 2 rings (SSSR count). The van der Waals surface area contributed by atoms with E-state index in [0.717, 1.165) is 35.0 Å². The van der Waals surface area contributed by atoms with Gasteiger partial charge in [0.2, 0.25) is 5.91 Å². The van der Waals surface area contributed by atoms with Gasteiger partial charge in [-0.2, -0.15) is 5.10 Å². The lowest BCUT2D eigenvalue weighted by Crippen LogP contribution is -2.28. The predicted molar refractivity (Wildman–Crippen MR) is 98.8 cm³/mol. The number of hydrogen-bond donors (Lipinski definition) is 2. The van der Waals surface area contributed by atoms with Gasteiger partial charge in [0.25, 0.3) is 0 Å². The number of amides is 1. The normalized spacial score (nSPS) is 11.2. The Morgan fingerprint density at radius 2 is 2.17 bits per heavy atom. The molecule has 0 saturated carbocycles. The van der Waals surface area contributed by atoms with Crippen LogP contribution in [-0.2, 0) is 11.3 Å². The Labute approximate surface area is 150 Å². The summed E-state index contributed by atoms with van der Waals surface area (Å²) in [6, 6.07) is 0. The molecular formula is C15H23ClN6OS. The molecule has 0 aliphatic heterocycles. The van der Waals surface area contributed by atoms with Crippen LogP contribution in [0.15, 0.2) is 11.4 Å². The van der Waals surface area contributed by atoms with E-state index in [1.807, 2.05) is 0 Å². The molecule has 0 radical (unpaired) electrons. The van der Waals surface area contributed by atoms with Crippen LogP contribution in [0.3, 0.4) is 0 Å². The molecule has 0 aromatic carbocycles. The van der Waals surface area contributed by atoms with Crippen LogP contribution in [-0.4, -0.2) is 49.9 Å². The summed E-state index contributed by atoms with van der Waals surface area (Å²) < 4.78 is 1.78. The molecular weight excluding hydrogens is 348 g/mol. The molecule has 0 fully saturated rings. The summed E-state index contributed by atoms with van der Waals surface area (Å²) in [6.07, 6.45) is 2.78. The molecule has 0 saturated heterocycles. The lowest BCUT2D eigenvalue weighted by molar-refractivity contribution is -0.118. The average molecular weight is 371 g/mol. The third kappa shape index (κ3) is 4.98. The highest BCUT2D eigenvalue weighted by atomic mass is 35.5. The summed E-state index contributed by atoms with van der Waals surface area (Å²) >= 11 is 7.09. The van der Waals surface area contributed by atoms with E-state index in [4.69, 9.17) is 11.6 Å². The van der Waals surface area contributed by atoms with Crippen molar-refractivity contribution in [1.29, 1.82) is 0 Å². The van der Waals surface area contributed by atoms with E-state index in [-0.39, 0.29) is 11.8 Å². The summed E-state index contributed by atoms with van der Waals surface area (Å²) in [7, 11) is 0. The fourth-order valence-electron chi connectivity index (χ4n) is 2.09. The number of anilines is 1. The van der Waals surface area contributed by atoms with Crippen molar-refractivity contribution in [2.45, 2.75) is 44.1 Å². The van der Waals surface area contributed by atoms with Crippen LogP contribution >= 0.6 is 23.4 Å². The molecule has 0 unspecified atom stereocenters. The molecule has 24 heavy (non-hydrogen) atoms. The summed E-state index contributed by atoms with van der Waals surface area (Å²) in [5.41, 5.74) is 0.770. The average Bonchev–Trinajstić information content (AvgIpc) is 2.95. The number of alkyl halides is 1. The zero-order valence-corrected chi connectivity index (χ0v) is 15.7. The molecule has 0 bridgehead atoms. The molecule has 2 N–H and O–H groups in total. The molecule has 9 heteroatoms. The van der Waals surface area contributed by atoms with Gasteiger partial charge >= 0.3 is 0 Å². The van der Waals surface area contributed by atoms with Crippen molar-refractivity contribution in [3.63, 3.8) is 0 Å². The quantitative estimate of drug-likeness (QED) is 0.401. The van der Waals surface area contributed by atoms with Crippen LogP contribution in [0.5, 0.6) is 0 Å². The molecule has 0 spiro atoms. The van der Waals surface area contributed by atoms with Crippen LogP contribution in [0.25, 0.3) is 11.0 Å². The Balaban J connectivity index is 2.27. The molecule has 0 atom stereocenters. The van der Waals surface area contributed by atoms with Gasteiger partial charge in [-0.1, -0.05) is 32.5 Å². The topological polar surface area (TPSA) is 84.7 Å². The van der Waals surface area contributed by atoms with E-state index in [2.05, 4.69) is 46.5 Å². The number of thioether (sulfide) groups is 1. The van der Waals surface area contributed by atoms with E-state index in [9.17, 15) is 4.79 Å². The lowest BCUT2D eigenvalue weighted by atomic mass is 10.3. The third-order valence-corrected chi connectivity index (χ3v) is 4.23. The maximum Gasteiger partial charge on any atom is 0.234 e. The Hall–Kier alpha value is -1.54. The standard InChI is InChI=1S/C15H23ClN6OS/c1-4-5-18-13-11-9-19-22(7-6-17-12(23)8-16)14(11)21-15(20-13)24-10(2)3/h9-10H,4-8H2,1-3H3,(H,17,23)(H,18,20,21). The van der Waals surface area contributed by atoms with Gasteiger partial charge in [-0.15, -0.1) is 11.6 Å². The van der Waals surface area contributed by atoms with Crippen molar-refractivity contribution in [2.75, 3.05) is 24.3 Å². The number of fused-ring (bicyclic) bond motifs is 1. The fourth-order valence-corrected chi connectivity index (χ4v) is 2.89. The minimum Gasteiger partial charge on any atom is -0.369 e. The number of carbonyl (C=O) groups is 1. The van der Waals surface area contributed by atoms with Gasteiger partial charge in [-0.05, 0) is 6.42 Å². The van der Waals surface area contributed by atoms with Gasteiger partial charge in [0, 0.05) is 18.3 Å². The molecule has 0 aliphatic carbocycles. The first kappa shape index (κ1) is 18.8. The molecule has 1 amide bonds. The predicted octanol–water partition coefficient (Wildman–Crippen LogP) is 2.50. The number of halogens is 1. The third-order valence-electron chi connectivity index (χ3n) is 3.13. The number of rotatable bonds is 9. The first-order chi connectivity index (χ1) is 11.5. The fraction of sp³-hybridized carbons (Fsp3) is 0.600. The maximum atomic E-state index is 11.2. The van der Waals surface area contributed by atoms with Crippen LogP contribution in [0, 0.1) is 0 Å². The summed E-state index contributed by atoms with van der Waals surface area (Å²) in [6.45, 7) is 8.15. The largest absolute Gasteiger partial charge is 0.369 e. The second-order valence-electron chi connectivity index (χ2n) is 5.54. The van der Waals surface area contributed by atoms with Crippen molar-refractivity contribution < 1.29 is 4.79 Å². The Kier molecular flexibility index (Phi) is 7.11. The van der Waals surface area contributed by atoms with Crippen molar-refractivity contribution in [2.24, 2.45) is 0 Å². The van der Waals surface area contributed by atoms with E-state index in [1.165, 1.54) is 0 Å². The zero-order valence-electron chi connectivity index (χ0n) is 14.2. The molecule has 2 aromatic rings. The second kappa shape index (κ2) is 9.08. The Morgan fingerprint density at radius 3 is 2.83 bits per heavy atom. The Morgan fingerprint density at radius 1 is 1.38 bits per heavy atom. The number of aromatic nitrogens is 4. The van der Waals surface area contributed by atoms with E-state index in [1.54, 1.807) is 22.6 Å². The van der Waals surface area contributed by atoms with Crippen molar-refractivity contribution >= 4 is 46.1 Å². The summed E-state index contributed by atoms with van der Waals surface area (Å²) in [4.78, 5) is 20.5. The number of nitrogens with one attached hydrogen (secondary N) is 2. The van der Waals surface area contributed by atoms with Crippen LogP contribution in [0.2, 0.25) is 0 Å². The summed E-state index contributed by atoms with van der Waals surface area (Å²) in [5, 5.41) is 12.5. The van der Waals surface area contributed by atoms with Gasteiger partial charge in [0.05, 0.1) is 18.1 Å². The van der Waals surface area contributed by atoms with E-state index >= 15 is 0 Å². The number of hydrogen-bond acceptors (Lipinski definition) is 6. The summed E-state index contributed by atoms with van der Waals surface area (Å²) in [5.74, 6) is 0.576. The van der Waals surface area contributed by atoms with Crippen molar-refractivity contribution in [3.05, 3.63) is 6.20 Å². The first-order valence-corrected chi connectivity index (χ1v) is 9.43. The minimum absolute atomic E-state index is 0.0394. The van der Waals surface area contributed by atoms with Gasteiger partial charge in [-0.3, -0.25) is 4.79 Å². The van der Waals surface area contributed by atoms with Gasteiger partial charge in [0.1, 0.15) is 11.7 Å². The van der Waals surface area contributed by atoms with Crippen molar-refractivity contribution in [3.8, 4) is 0 Å². The Bertz CT molecular complexity index is 690. The van der Waals surface area contributed by atoms with Crippen LogP contribution in [0.4, 0.5) is 5.82 Å². The molecule has 0 aliphatic rings. The highest BCUT2D eigenvalue weighted by molar-refractivity contribution is 7.99. The SMILES string of the molecule is CCCNc1nc(SC(C)C)nc2c1cnn2CCNC(=O)CCl. The van der Waals surface area contributed by atoms with Crippen molar-refractivity contribution in [1.82, 2.24) is 25.1 Å². The van der Waals surface area contributed by atoms with E-state index in [0.29, 0.717) is 18.3 Å². The highest BCUT2D eigenvalue weighted by Crippen LogP contribution is 2.26. The van der Waals surface area contributed by atoms with Gasteiger partial charge < -0.3 is 10.6 Å².